The molecule has 1 aliphatic rings. The third-order valence-corrected chi connectivity index (χ3v) is 3.43. The molecule has 2 N–H and O–H groups in total. The fourth-order valence-electron chi connectivity index (χ4n) is 2.16. The molecule has 1 aromatic rings. The number of nitrogens with zero attached hydrogens (tertiary/aromatic N) is 1. The van der Waals surface area contributed by atoms with Gasteiger partial charge in [0.25, 0.3) is 5.69 Å². The van der Waals surface area contributed by atoms with E-state index in [0.29, 0.717) is 13.1 Å². The van der Waals surface area contributed by atoms with Crippen molar-refractivity contribution in [2.75, 3.05) is 13.1 Å². The van der Waals surface area contributed by atoms with E-state index in [1.54, 1.807) is 6.07 Å². The molecule has 0 amide bonds. The van der Waals surface area contributed by atoms with Crippen LogP contribution in [0.1, 0.15) is 5.56 Å². The molecule has 1 aromatic carbocycles. The third-order valence-electron chi connectivity index (χ3n) is 3.11. The molecule has 0 bridgehead atoms. The second-order valence-corrected chi connectivity index (χ2v) is 4.79. The van der Waals surface area contributed by atoms with Crippen molar-refractivity contribution in [3.8, 4) is 0 Å². The summed E-state index contributed by atoms with van der Waals surface area (Å²) in [7, 11) is 0. The zero-order valence-corrected chi connectivity index (χ0v) is 10.6. The van der Waals surface area contributed by atoms with E-state index in [1.807, 2.05) is 0 Å². The Kier molecular flexibility index (Phi) is 3.71. The van der Waals surface area contributed by atoms with Crippen LogP contribution in [0, 0.1) is 10.1 Å². The van der Waals surface area contributed by atoms with Crippen molar-refractivity contribution in [2.45, 2.75) is 17.5 Å². The molecular weight excluding hydrogens is 280 g/mol. The first kappa shape index (κ1) is 14.1. The Morgan fingerprint density at radius 3 is 2.47 bits per heavy atom. The van der Waals surface area contributed by atoms with Crippen LogP contribution in [0.3, 0.4) is 0 Å². The monoisotopic (exact) mass is 291 g/mol. The molecule has 0 saturated carbocycles. The van der Waals surface area contributed by atoms with Crippen LogP contribution in [0.25, 0.3) is 0 Å². The van der Waals surface area contributed by atoms with Crippen LogP contribution in [0.2, 0.25) is 0 Å². The minimum absolute atomic E-state index is 0.196. The van der Waals surface area contributed by atoms with Gasteiger partial charge < -0.3 is 0 Å². The van der Waals surface area contributed by atoms with E-state index in [4.69, 9.17) is 11.6 Å². The Bertz CT molecular complexity index is 487. The number of benzene rings is 1. The van der Waals surface area contributed by atoms with Crippen molar-refractivity contribution in [1.82, 2.24) is 10.6 Å². The zero-order valence-electron chi connectivity index (χ0n) is 9.83. The van der Waals surface area contributed by atoms with E-state index in [0.717, 1.165) is 0 Å². The molecule has 1 fully saturated rings. The van der Waals surface area contributed by atoms with Gasteiger partial charge in [0.2, 0.25) is 0 Å². The molecule has 8 heteroatoms. The summed E-state index contributed by atoms with van der Waals surface area (Å²) in [4.78, 5) is 10.3. The van der Waals surface area contributed by atoms with Crippen molar-refractivity contribution in [2.24, 2.45) is 0 Å². The second-order valence-electron chi connectivity index (χ2n) is 4.32. The van der Waals surface area contributed by atoms with Crippen LogP contribution < -0.4 is 10.6 Å². The summed E-state index contributed by atoms with van der Waals surface area (Å²) in [5, 5.41) is 12.5. The highest BCUT2D eigenvalue weighted by Crippen LogP contribution is 2.36. The normalized spacial score (nSPS) is 18.5. The molecule has 104 valence electrons. The number of alkyl halides is 3. The molecule has 5 nitrogen and oxygen atoms in total. The lowest BCUT2D eigenvalue weighted by Crippen LogP contribution is -2.61. The van der Waals surface area contributed by atoms with Gasteiger partial charge in [-0.25, -0.2) is 0 Å². The van der Waals surface area contributed by atoms with E-state index in [9.17, 15) is 18.9 Å². The van der Waals surface area contributed by atoms with Crippen molar-refractivity contribution >= 4 is 17.3 Å². The van der Waals surface area contributed by atoms with Crippen molar-refractivity contribution in [3.05, 3.63) is 39.9 Å². The van der Waals surface area contributed by atoms with E-state index in [2.05, 4.69) is 10.6 Å². The van der Waals surface area contributed by atoms with Gasteiger partial charge in [-0.1, -0.05) is 18.2 Å². The first-order chi connectivity index (χ1) is 8.86. The summed E-state index contributed by atoms with van der Waals surface area (Å²) in [6.45, 7) is 0.645. The maximum absolute atomic E-state index is 13.6. The van der Waals surface area contributed by atoms with E-state index in [-0.39, 0.29) is 17.7 Å². The van der Waals surface area contributed by atoms with Crippen LogP contribution >= 0.6 is 11.6 Å². The van der Waals surface area contributed by atoms with Crippen molar-refractivity contribution < 1.29 is 13.7 Å². The highest BCUT2D eigenvalue weighted by atomic mass is 35.5. The summed E-state index contributed by atoms with van der Waals surface area (Å²) in [6.07, 6.45) is -0.277. The number of halogens is 3. The van der Waals surface area contributed by atoms with Crippen LogP contribution in [-0.4, -0.2) is 29.1 Å². The van der Waals surface area contributed by atoms with Crippen LogP contribution in [-0.2, 0) is 6.42 Å². The molecule has 0 aliphatic carbocycles. The molecule has 0 unspecified atom stereocenters. The SMILES string of the molecule is O=[N+]([O-])c1ccccc1CC1(C(F)(F)Cl)NCCN1. The average molecular weight is 292 g/mol. The molecule has 19 heavy (non-hydrogen) atoms. The molecule has 1 heterocycles. The van der Waals surface area contributed by atoms with Gasteiger partial charge in [-0.3, -0.25) is 20.7 Å². The van der Waals surface area contributed by atoms with Crippen LogP contribution in [0.15, 0.2) is 24.3 Å². The molecule has 1 saturated heterocycles. The number of nitro benzene ring substituents is 1. The summed E-state index contributed by atoms with van der Waals surface area (Å²) in [5.41, 5.74) is -1.85. The van der Waals surface area contributed by atoms with Crippen LogP contribution in [0.4, 0.5) is 14.5 Å². The zero-order chi connectivity index (χ0) is 14.1. The number of nitrogens with one attached hydrogen (secondary N) is 2. The number of rotatable bonds is 4. The maximum atomic E-state index is 13.6. The molecular formula is C11H12ClF2N3O2. The first-order valence-electron chi connectivity index (χ1n) is 5.65. The highest BCUT2D eigenvalue weighted by molar-refractivity contribution is 6.22. The predicted molar refractivity (Wildman–Crippen MR) is 66.3 cm³/mol. The van der Waals surface area contributed by atoms with Gasteiger partial charge in [-0.05, 0) is 11.6 Å². The largest absolute Gasteiger partial charge is 0.352 e. The topological polar surface area (TPSA) is 67.2 Å². The van der Waals surface area contributed by atoms with Crippen molar-refractivity contribution in [1.29, 1.82) is 0 Å². The standard InChI is InChI=1S/C11H12ClF2N3O2/c12-11(13,14)10(15-5-6-16-10)7-8-3-1-2-4-9(8)17(18)19/h1-4,15-16H,5-7H2. The fourth-order valence-corrected chi connectivity index (χ4v) is 2.36. The van der Waals surface area contributed by atoms with E-state index in [1.165, 1.54) is 18.2 Å². The fraction of sp³-hybridized carbons (Fsp3) is 0.455. The number of hydrogen-bond acceptors (Lipinski definition) is 4. The van der Waals surface area contributed by atoms with Gasteiger partial charge in [-0.2, -0.15) is 8.78 Å². The quantitative estimate of drug-likeness (QED) is 0.505. The summed E-state index contributed by atoms with van der Waals surface area (Å²) < 4.78 is 27.1. The Labute approximate surface area is 113 Å². The Morgan fingerprint density at radius 2 is 1.95 bits per heavy atom. The second kappa shape index (κ2) is 4.99. The Morgan fingerprint density at radius 1 is 1.37 bits per heavy atom. The first-order valence-corrected chi connectivity index (χ1v) is 6.03. The van der Waals surface area contributed by atoms with Gasteiger partial charge in [0.1, 0.15) is 0 Å². The third kappa shape index (κ3) is 2.68. The van der Waals surface area contributed by atoms with Crippen LogP contribution in [0.5, 0.6) is 0 Å². The lowest BCUT2D eigenvalue weighted by molar-refractivity contribution is -0.385. The molecule has 0 spiro atoms. The summed E-state index contributed by atoms with van der Waals surface area (Å²) in [5.74, 6) is 0. The number of para-hydroxylation sites is 1. The molecule has 2 rings (SSSR count). The van der Waals surface area contributed by atoms with E-state index < -0.39 is 16.0 Å². The van der Waals surface area contributed by atoms with Gasteiger partial charge in [0.15, 0.2) is 5.66 Å². The minimum atomic E-state index is -3.56. The maximum Gasteiger partial charge on any atom is 0.352 e. The molecule has 0 radical (unpaired) electrons. The van der Waals surface area contributed by atoms with Gasteiger partial charge in [0.05, 0.1) is 4.92 Å². The van der Waals surface area contributed by atoms with Gasteiger partial charge >= 0.3 is 5.38 Å². The predicted octanol–water partition coefficient (Wildman–Crippen LogP) is 1.86. The molecule has 0 atom stereocenters. The van der Waals surface area contributed by atoms with Gasteiger partial charge in [0, 0.05) is 31.1 Å². The number of hydrogen-bond donors (Lipinski definition) is 2. The number of nitro groups is 1. The lowest BCUT2D eigenvalue weighted by atomic mass is 9.99. The smallest absolute Gasteiger partial charge is 0.292 e. The van der Waals surface area contributed by atoms with Gasteiger partial charge in [-0.15, -0.1) is 0 Å². The average Bonchev–Trinajstić information content (AvgIpc) is 2.78. The Balaban J connectivity index is 2.36. The molecule has 0 aromatic heterocycles. The molecule has 1 aliphatic heterocycles. The summed E-state index contributed by atoms with van der Waals surface area (Å²) >= 11 is 5.15. The summed E-state index contributed by atoms with van der Waals surface area (Å²) in [6, 6.07) is 5.79. The van der Waals surface area contributed by atoms with Crippen molar-refractivity contribution in [3.63, 3.8) is 0 Å². The van der Waals surface area contributed by atoms with E-state index >= 15 is 0 Å². The lowest BCUT2D eigenvalue weighted by Gasteiger charge is -2.33. The minimum Gasteiger partial charge on any atom is -0.292 e. The Hall–Kier alpha value is -1.31. The highest BCUT2D eigenvalue weighted by Gasteiger charge is 2.54.